The minimum Gasteiger partial charge on any atom is -0.377 e. The van der Waals surface area contributed by atoms with Crippen LogP contribution < -0.4 is 10.6 Å². The molecule has 1 aromatic rings. The van der Waals surface area contributed by atoms with Crippen molar-refractivity contribution >= 4 is 29.9 Å². The van der Waals surface area contributed by atoms with Gasteiger partial charge in [-0.05, 0) is 23.8 Å². The van der Waals surface area contributed by atoms with Crippen LogP contribution in [0.15, 0.2) is 35.3 Å². The van der Waals surface area contributed by atoms with Crippen LogP contribution in [0.4, 0.5) is 0 Å². The number of methoxy groups -OCH3 is 1. The molecule has 1 saturated heterocycles. The van der Waals surface area contributed by atoms with E-state index in [0.717, 1.165) is 31.1 Å². The number of hydrogen-bond donors (Lipinski definition) is 2. The smallest absolute Gasteiger partial charge is 0.191 e. The Morgan fingerprint density at radius 3 is 2.56 bits per heavy atom. The van der Waals surface area contributed by atoms with E-state index in [4.69, 9.17) is 9.47 Å². The first-order chi connectivity index (χ1) is 12.5. The van der Waals surface area contributed by atoms with Crippen molar-refractivity contribution in [1.82, 2.24) is 10.6 Å². The molecular weight excluding hydrogens is 453 g/mol. The molecule has 0 saturated carbocycles. The second-order valence-corrected chi connectivity index (χ2v) is 8.03. The number of hydrogen-bond acceptors (Lipinski definition) is 3. The quantitative estimate of drug-likeness (QED) is 0.361. The number of nitrogens with one attached hydrogen (secondary N) is 2. The molecule has 2 rings (SSSR count). The molecule has 1 heterocycles. The van der Waals surface area contributed by atoms with Gasteiger partial charge in [0, 0.05) is 39.8 Å². The summed E-state index contributed by atoms with van der Waals surface area (Å²) in [5.74, 6) is 1.30. The van der Waals surface area contributed by atoms with Crippen molar-refractivity contribution in [2.75, 3.05) is 33.9 Å². The summed E-state index contributed by atoms with van der Waals surface area (Å²) >= 11 is 0. The van der Waals surface area contributed by atoms with E-state index in [1.54, 1.807) is 14.2 Å². The van der Waals surface area contributed by atoms with Gasteiger partial charge in [0.1, 0.15) is 0 Å². The van der Waals surface area contributed by atoms with E-state index in [-0.39, 0.29) is 41.6 Å². The van der Waals surface area contributed by atoms with Crippen molar-refractivity contribution in [3.8, 4) is 0 Å². The fraction of sp³-hybridized carbons (Fsp3) is 0.667. The summed E-state index contributed by atoms with van der Waals surface area (Å²) in [6.07, 6.45) is 2.59. The Morgan fingerprint density at radius 2 is 1.96 bits per heavy atom. The van der Waals surface area contributed by atoms with E-state index >= 15 is 0 Å². The highest BCUT2D eigenvalue weighted by molar-refractivity contribution is 14.0. The van der Waals surface area contributed by atoms with Gasteiger partial charge in [-0.2, -0.15) is 0 Å². The Morgan fingerprint density at radius 1 is 1.26 bits per heavy atom. The third-order valence-corrected chi connectivity index (χ3v) is 4.96. The Bertz CT molecular complexity index is 560. The van der Waals surface area contributed by atoms with Gasteiger partial charge in [-0.3, -0.25) is 4.99 Å². The lowest BCUT2D eigenvalue weighted by molar-refractivity contribution is -0.0835. The highest BCUT2D eigenvalue weighted by Gasteiger charge is 2.35. The molecule has 0 aliphatic carbocycles. The number of rotatable bonds is 6. The average molecular weight is 489 g/mol. The molecule has 0 spiro atoms. The van der Waals surface area contributed by atoms with Gasteiger partial charge in [0.25, 0.3) is 0 Å². The molecule has 5 nitrogen and oxygen atoms in total. The number of ether oxygens (including phenoxy) is 2. The summed E-state index contributed by atoms with van der Waals surface area (Å²) in [6.45, 7) is 9.18. The van der Waals surface area contributed by atoms with Gasteiger partial charge in [0.15, 0.2) is 5.96 Å². The molecule has 27 heavy (non-hydrogen) atoms. The molecule has 0 radical (unpaired) electrons. The Balaban J connectivity index is 0.00000364. The van der Waals surface area contributed by atoms with Gasteiger partial charge in [-0.25, -0.2) is 0 Å². The number of aliphatic imine (C=N–C) groups is 1. The molecule has 2 N–H and O–H groups in total. The summed E-state index contributed by atoms with van der Waals surface area (Å²) in [7, 11) is 3.54. The van der Waals surface area contributed by atoms with Crippen LogP contribution in [0.2, 0.25) is 0 Å². The third kappa shape index (κ3) is 7.58. The van der Waals surface area contributed by atoms with E-state index in [1.807, 2.05) is 18.2 Å². The Labute approximate surface area is 181 Å². The molecule has 3 unspecified atom stereocenters. The molecule has 1 aromatic carbocycles. The first-order valence-corrected chi connectivity index (χ1v) is 9.59. The van der Waals surface area contributed by atoms with Crippen LogP contribution in [-0.4, -0.2) is 45.9 Å². The van der Waals surface area contributed by atoms with Gasteiger partial charge in [-0.15, -0.1) is 24.0 Å². The largest absolute Gasteiger partial charge is 0.377 e. The molecule has 1 aliphatic rings. The molecule has 1 fully saturated rings. The minimum atomic E-state index is -0.00455. The van der Waals surface area contributed by atoms with Crippen molar-refractivity contribution in [1.29, 1.82) is 0 Å². The van der Waals surface area contributed by atoms with Crippen molar-refractivity contribution in [3.05, 3.63) is 35.9 Å². The molecular formula is C21H36IN3O2. The fourth-order valence-electron chi connectivity index (χ4n) is 3.65. The highest BCUT2D eigenvalue weighted by Crippen LogP contribution is 2.33. The van der Waals surface area contributed by atoms with E-state index < -0.39 is 0 Å². The maximum Gasteiger partial charge on any atom is 0.191 e. The van der Waals surface area contributed by atoms with Gasteiger partial charge < -0.3 is 20.1 Å². The van der Waals surface area contributed by atoms with Crippen LogP contribution in [0.3, 0.4) is 0 Å². The topological polar surface area (TPSA) is 54.9 Å². The van der Waals surface area contributed by atoms with Crippen LogP contribution in [0.1, 0.15) is 45.3 Å². The van der Waals surface area contributed by atoms with Gasteiger partial charge in [0.05, 0.1) is 12.2 Å². The summed E-state index contributed by atoms with van der Waals surface area (Å²) in [5, 5.41) is 6.86. The molecule has 0 bridgehead atoms. The SMILES string of the molecule is CN=C(NCC(OC)c1ccccc1)NCC1CCCOC1C(C)(C)C.I. The van der Waals surface area contributed by atoms with E-state index in [0.29, 0.717) is 12.5 Å². The standard InChI is InChI=1S/C21H35N3O2.HI/c1-21(2,3)19-17(12-9-13-26-19)14-23-20(22-4)24-15-18(25-5)16-10-7-6-8-11-16;/h6-8,10-11,17-19H,9,12-15H2,1-5H3,(H2,22,23,24);1H. The number of halogens is 1. The fourth-order valence-corrected chi connectivity index (χ4v) is 3.65. The predicted octanol–water partition coefficient (Wildman–Crippen LogP) is 4.00. The minimum absolute atomic E-state index is 0. The summed E-state index contributed by atoms with van der Waals surface area (Å²) in [4.78, 5) is 4.36. The second kappa shape index (κ2) is 11.9. The number of nitrogens with zero attached hydrogens (tertiary/aromatic N) is 1. The van der Waals surface area contributed by atoms with E-state index in [9.17, 15) is 0 Å². The zero-order chi connectivity index (χ0) is 19.0. The molecule has 0 aromatic heterocycles. The van der Waals surface area contributed by atoms with Crippen LogP contribution in [0, 0.1) is 11.3 Å². The highest BCUT2D eigenvalue weighted by atomic mass is 127. The lowest BCUT2D eigenvalue weighted by Gasteiger charge is -2.40. The Kier molecular flexibility index (Phi) is 10.6. The Hall–Kier alpha value is -0.860. The molecule has 3 atom stereocenters. The summed E-state index contributed by atoms with van der Waals surface area (Å²) in [6, 6.07) is 10.2. The average Bonchev–Trinajstić information content (AvgIpc) is 2.65. The van der Waals surface area contributed by atoms with Crippen LogP contribution in [0.25, 0.3) is 0 Å². The summed E-state index contributed by atoms with van der Waals surface area (Å²) < 4.78 is 11.7. The molecule has 1 aliphatic heterocycles. The van der Waals surface area contributed by atoms with E-state index in [2.05, 4.69) is 48.5 Å². The molecule has 0 amide bonds. The lowest BCUT2D eigenvalue weighted by Crippen LogP contribution is -2.48. The molecule has 6 heteroatoms. The zero-order valence-corrected chi connectivity index (χ0v) is 19.7. The van der Waals surface area contributed by atoms with Gasteiger partial charge in [0.2, 0.25) is 0 Å². The monoisotopic (exact) mass is 489 g/mol. The van der Waals surface area contributed by atoms with Crippen molar-refractivity contribution in [2.24, 2.45) is 16.3 Å². The third-order valence-electron chi connectivity index (χ3n) is 4.96. The maximum atomic E-state index is 6.07. The van der Waals surface area contributed by atoms with Gasteiger partial charge >= 0.3 is 0 Å². The van der Waals surface area contributed by atoms with Crippen LogP contribution >= 0.6 is 24.0 Å². The molecule has 154 valence electrons. The zero-order valence-electron chi connectivity index (χ0n) is 17.3. The van der Waals surface area contributed by atoms with Crippen LogP contribution in [0.5, 0.6) is 0 Å². The first kappa shape index (κ1) is 24.2. The maximum absolute atomic E-state index is 6.07. The predicted molar refractivity (Wildman–Crippen MR) is 123 cm³/mol. The number of benzene rings is 1. The van der Waals surface area contributed by atoms with E-state index in [1.165, 1.54) is 6.42 Å². The van der Waals surface area contributed by atoms with Crippen molar-refractivity contribution < 1.29 is 9.47 Å². The first-order valence-electron chi connectivity index (χ1n) is 9.59. The van der Waals surface area contributed by atoms with Crippen molar-refractivity contribution in [3.63, 3.8) is 0 Å². The normalized spacial score (nSPS) is 21.9. The number of guanidine groups is 1. The van der Waals surface area contributed by atoms with Crippen LogP contribution in [-0.2, 0) is 9.47 Å². The van der Waals surface area contributed by atoms with Crippen molar-refractivity contribution in [2.45, 2.75) is 45.8 Å². The lowest BCUT2D eigenvalue weighted by atomic mass is 9.78. The second-order valence-electron chi connectivity index (χ2n) is 8.03. The summed E-state index contributed by atoms with van der Waals surface area (Å²) in [5.41, 5.74) is 1.31. The van der Waals surface area contributed by atoms with Gasteiger partial charge in [-0.1, -0.05) is 51.1 Å².